The van der Waals surface area contributed by atoms with E-state index in [9.17, 15) is 4.79 Å². The fraction of sp³-hybridized carbons (Fsp3) is 0.722. The van der Waals surface area contributed by atoms with Gasteiger partial charge in [0, 0.05) is 25.0 Å². The van der Waals surface area contributed by atoms with Crippen LogP contribution in [0, 0.1) is 5.92 Å². The van der Waals surface area contributed by atoms with Gasteiger partial charge in [-0.25, -0.2) is 0 Å². The Bertz CT molecular complexity index is 730. The first kappa shape index (κ1) is 17.2. The molecule has 2 aromatic rings. The fourth-order valence-electron chi connectivity index (χ4n) is 4.10. The Morgan fingerprint density at radius 3 is 2.50 bits per heavy atom. The lowest BCUT2D eigenvalue weighted by atomic mass is 9.93. The summed E-state index contributed by atoms with van der Waals surface area (Å²) >= 11 is 0. The second-order valence-electron chi connectivity index (χ2n) is 7.53. The molecule has 8 heteroatoms. The minimum Gasteiger partial charge on any atom is -0.355 e. The molecule has 3 heterocycles. The lowest BCUT2D eigenvalue weighted by Gasteiger charge is -2.33. The average molecular weight is 357 g/mol. The number of tetrazole rings is 1. The van der Waals surface area contributed by atoms with Crippen molar-refractivity contribution in [2.45, 2.75) is 63.8 Å². The van der Waals surface area contributed by atoms with Crippen molar-refractivity contribution in [2.75, 3.05) is 18.0 Å². The zero-order valence-electron chi connectivity index (χ0n) is 15.2. The number of piperidine rings is 1. The van der Waals surface area contributed by atoms with E-state index >= 15 is 0 Å². The van der Waals surface area contributed by atoms with Crippen molar-refractivity contribution in [1.29, 1.82) is 0 Å². The van der Waals surface area contributed by atoms with E-state index in [1.165, 1.54) is 36.7 Å². The number of carbonyl (C=O) groups excluding carboxylic acids is 1. The first-order chi connectivity index (χ1) is 12.8. The molecule has 0 atom stereocenters. The predicted octanol–water partition coefficient (Wildman–Crippen LogP) is 1.96. The maximum Gasteiger partial charge on any atom is 0.223 e. The highest BCUT2D eigenvalue weighted by Gasteiger charge is 2.27. The van der Waals surface area contributed by atoms with Crippen molar-refractivity contribution in [3.8, 4) is 0 Å². The third-order valence-corrected chi connectivity index (χ3v) is 5.70. The van der Waals surface area contributed by atoms with Crippen LogP contribution in [0.15, 0.2) is 12.1 Å². The summed E-state index contributed by atoms with van der Waals surface area (Å²) < 4.78 is 1.45. The Morgan fingerprint density at radius 1 is 1.00 bits per heavy atom. The Hall–Kier alpha value is -2.25. The number of amides is 1. The summed E-state index contributed by atoms with van der Waals surface area (Å²) in [5.41, 5.74) is 0.641. The molecule has 8 nitrogen and oxygen atoms in total. The molecule has 2 fully saturated rings. The van der Waals surface area contributed by atoms with Crippen LogP contribution >= 0.6 is 0 Å². The van der Waals surface area contributed by atoms with Gasteiger partial charge in [0.05, 0.1) is 0 Å². The first-order valence-electron chi connectivity index (χ1n) is 9.90. The number of hydrogen-bond donors (Lipinski definition) is 1. The zero-order valence-corrected chi connectivity index (χ0v) is 15.2. The summed E-state index contributed by atoms with van der Waals surface area (Å²) in [6.45, 7) is 1.67. The van der Waals surface area contributed by atoms with Gasteiger partial charge in [-0.3, -0.25) is 4.79 Å². The summed E-state index contributed by atoms with van der Waals surface area (Å²) in [6, 6.07) is 4.20. The van der Waals surface area contributed by atoms with Gasteiger partial charge < -0.3 is 10.2 Å². The SMILES string of the molecule is O=C(NC1CCCCCCC1)C1CCN(c2ccc3nnnn3n2)CC1. The lowest BCUT2D eigenvalue weighted by Crippen LogP contribution is -2.44. The number of aromatic nitrogens is 5. The summed E-state index contributed by atoms with van der Waals surface area (Å²) in [5.74, 6) is 1.23. The van der Waals surface area contributed by atoms with Gasteiger partial charge in [-0.1, -0.05) is 32.1 Å². The number of rotatable bonds is 3. The fourth-order valence-corrected chi connectivity index (χ4v) is 4.10. The molecule has 0 unspecified atom stereocenters. The monoisotopic (exact) mass is 357 g/mol. The van der Waals surface area contributed by atoms with Gasteiger partial charge in [-0.05, 0) is 48.2 Å². The second kappa shape index (κ2) is 7.97. The predicted molar refractivity (Wildman–Crippen MR) is 97.8 cm³/mol. The van der Waals surface area contributed by atoms with Crippen molar-refractivity contribution in [3.63, 3.8) is 0 Å². The molecule has 0 radical (unpaired) electrons. The molecule has 1 aliphatic carbocycles. The van der Waals surface area contributed by atoms with Crippen molar-refractivity contribution in [1.82, 2.24) is 30.6 Å². The van der Waals surface area contributed by atoms with E-state index in [1.54, 1.807) is 0 Å². The van der Waals surface area contributed by atoms with Crippen molar-refractivity contribution >= 4 is 17.4 Å². The normalized spacial score (nSPS) is 20.7. The molecule has 1 N–H and O–H groups in total. The van der Waals surface area contributed by atoms with Gasteiger partial charge in [-0.2, -0.15) is 0 Å². The summed E-state index contributed by atoms with van der Waals surface area (Å²) in [7, 11) is 0. The van der Waals surface area contributed by atoms with Gasteiger partial charge >= 0.3 is 0 Å². The van der Waals surface area contributed by atoms with Crippen molar-refractivity contribution < 1.29 is 4.79 Å². The van der Waals surface area contributed by atoms with E-state index in [1.807, 2.05) is 12.1 Å². The lowest BCUT2D eigenvalue weighted by molar-refractivity contribution is -0.126. The Kier molecular flexibility index (Phi) is 5.26. The highest BCUT2D eigenvalue weighted by molar-refractivity contribution is 5.79. The third kappa shape index (κ3) is 3.94. The van der Waals surface area contributed by atoms with Gasteiger partial charge in [0.25, 0.3) is 0 Å². The zero-order chi connectivity index (χ0) is 17.8. The van der Waals surface area contributed by atoms with E-state index < -0.39 is 0 Å². The van der Waals surface area contributed by atoms with E-state index in [4.69, 9.17) is 0 Å². The van der Waals surface area contributed by atoms with E-state index in [0.717, 1.165) is 44.6 Å². The van der Waals surface area contributed by atoms with Crippen LogP contribution in [0.5, 0.6) is 0 Å². The Balaban J connectivity index is 1.30. The molecule has 26 heavy (non-hydrogen) atoms. The number of hydrogen-bond acceptors (Lipinski definition) is 6. The maximum atomic E-state index is 12.7. The third-order valence-electron chi connectivity index (χ3n) is 5.70. The number of nitrogens with zero attached hydrogens (tertiary/aromatic N) is 6. The Labute approximate surface area is 153 Å². The van der Waals surface area contributed by atoms with Gasteiger partial charge in [0.1, 0.15) is 0 Å². The molecule has 2 aromatic heterocycles. The largest absolute Gasteiger partial charge is 0.355 e. The number of anilines is 1. The molecule has 0 spiro atoms. The maximum absolute atomic E-state index is 12.7. The number of nitrogens with one attached hydrogen (secondary N) is 1. The van der Waals surface area contributed by atoms with Crippen molar-refractivity contribution in [2.24, 2.45) is 5.92 Å². The van der Waals surface area contributed by atoms with Crippen LogP contribution in [0.4, 0.5) is 5.82 Å². The minimum atomic E-state index is 0.119. The molecule has 1 amide bonds. The Morgan fingerprint density at radius 2 is 1.73 bits per heavy atom. The van der Waals surface area contributed by atoms with Gasteiger partial charge in [-0.15, -0.1) is 14.8 Å². The van der Waals surface area contributed by atoms with Gasteiger partial charge in [0.2, 0.25) is 5.91 Å². The molecular formula is C18H27N7O. The van der Waals surface area contributed by atoms with Crippen LogP contribution < -0.4 is 10.2 Å². The number of fused-ring (bicyclic) bond motifs is 1. The minimum absolute atomic E-state index is 0.119. The number of carbonyl (C=O) groups is 1. The summed E-state index contributed by atoms with van der Waals surface area (Å²) in [6.07, 6.45) is 10.5. The van der Waals surface area contributed by atoms with E-state index in [0.29, 0.717) is 11.7 Å². The molecule has 1 aliphatic heterocycles. The topological polar surface area (TPSA) is 88.3 Å². The molecule has 4 rings (SSSR count). The van der Waals surface area contributed by atoms with Crippen LogP contribution in [0.1, 0.15) is 57.8 Å². The van der Waals surface area contributed by atoms with Crippen molar-refractivity contribution in [3.05, 3.63) is 12.1 Å². The van der Waals surface area contributed by atoms with Crippen LogP contribution in [0.2, 0.25) is 0 Å². The first-order valence-corrected chi connectivity index (χ1v) is 9.90. The summed E-state index contributed by atoms with van der Waals surface area (Å²) in [4.78, 5) is 14.9. The molecule has 2 aliphatic rings. The van der Waals surface area contributed by atoms with E-state index in [2.05, 4.69) is 30.8 Å². The van der Waals surface area contributed by atoms with E-state index in [-0.39, 0.29) is 11.8 Å². The molecule has 1 saturated carbocycles. The smallest absolute Gasteiger partial charge is 0.223 e. The van der Waals surface area contributed by atoms with Crippen LogP contribution in [0.3, 0.4) is 0 Å². The summed E-state index contributed by atoms with van der Waals surface area (Å²) in [5, 5.41) is 19.1. The second-order valence-corrected chi connectivity index (χ2v) is 7.53. The van der Waals surface area contributed by atoms with Crippen LogP contribution in [0.25, 0.3) is 5.65 Å². The molecule has 0 aromatic carbocycles. The molecule has 1 saturated heterocycles. The van der Waals surface area contributed by atoms with Crippen LogP contribution in [-0.4, -0.2) is 50.3 Å². The quantitative estimate of drug-likeness (QED) is 0.903. The van der Waals surface area contributed by atoms with Crippen LogP contribution in [-0.2, 0) is 4.79 Å². The standard InChI is InChI=1S/C18H27N7O/c26-18(19-15-6-4-2-1-3-5-7-15)14-10-12-24(13-11-14)17-9-8-16-20-22-23-25(16)21-17/h8-9,14-15H,1-7,10-13H2,(H,19,26). The molecule has 140 valence electrons. The average Bonchev–Trinajstić information content (AvgIpc) is 3.11. The highest BCUT2D eigenvalue weighted by atomic mass is 16.1. The highest BCUT2D eigenvalue weighted by Crippen LogP contribution is 2.23. The molecular weight excluding hydrogens is 330 g/mol. The molecule has 0 bridgehead atoms. The van der Waals surface area contributed by atoms with Gasteiger partial charge in [0.15, 0.2) is 11.5 Å².